The summed E-state index contributed by atoms with van der Waals surface area (Å²) in [4.78, 5) is 12.4. The predicted octanol–water partition coefficient (Wildman–Crippen LogP) is 3.81. The Kier molecular flexibility index (Phi) is 6.09. The topological polar surface area (TPSA) is 116 Å². The van der Waals surface area contributed by atoms with Gasteiger partial charge in [-0.25, -0.2) is 8.42 Å². The van der Waals surface area contributed by atoms with Crippen LogP contribution < -0.4 is 10.0 Å². The molecular weight excluding hydrogens is 404 g/mol. The molecule has 1 amide bonds. The largest absolute Gasteiger partial charge is 0.506 e. The van der Waals surface area contributed by atoms with Crippen LogP contribution in [-0.2, 0) is 10.0 Å². The van der Waals surface area contributed by atoms with Gasteiger partial charge in [0.1, 0.15) is 5.75 Å². The summed E-state index contributed by atoms with van der Waals surface area (Å²) in [5.74, 6) is -0.466. The van der Waals surface area contributed by atoms with Crippen LogP contribution in [-0.4, -0.2) is 24.5 Å². The zero-order valence-corrected chi connectivity index (χ0v) is 17.3. The average molecular weight is 426 g/mol. The molecule has 0 saturated carbocycles. The number of aliphatic hydroxyl groups is 1. The quantitative estimate of drug-likeness (QED) is 0.448. The standard InChI is InChI=1S/C22H22N2O5S/c1-14-3-12-20(21(26)13-14)23-22(27)17-4-8-18(9-5-17)24-30(28,29)19-10-6-16(7-11-19)15(2)25/h3-13,15,24-26H,1-2H3,(H,23,27)/t15-/m0/s1. The number of hydrogen-bond donors (Lipinski definition) is 4. The van der Waals surface area contributed by atoms with Gasteiger partial charge >= 0.3 is 0 Å². The monoisotopic (exact) mass is 426 g/mol. The van der Waals surface area contributed by atoms with Crippen molar-refractivity contribution in [2.45, 2.75) is 24.8 Å². The molecule has 0 aliphatic rings. The molecule has 0 aliphatic carbocycles. The third-order valence-corrected chi connectivity index (χ3v) is 5.87. The van der Waals surface area contributed by atoms with Crippen molar-refractivity contribution < 1.29 is 23.4 Å². The van der Waals surface area contributed by atoms with Crippen LogP contribution in [0.4, 0.5) is 11.4 Å². The summed E-state index contributed by atoms with van der Waals surface area (Å²) >= 11 is 0. The highest BCUT2D eigenvalue weighted by molar-refractivity contribution is 7.92. The van der Waals surface area contributed by atoms with Crippen molar-refractivity contribution in [3.63, 3.8) is 0 Å². The highest BCUT2D eigenvalue weighted by Gasteiger charge is 2.15. The second-order valence-corrected chi connectivity index (χ2v) is 8.58. The van der Waals surface area contributed by atoms with E-state index in [1.54, 1.807) is 37.3 Å². The molecule has 0 fully saturated rings. The summed E-state index contributed by atoms with van der Waals surface area (Å²) in [7, 11) is -3.81. The summed E-state index contributed by atoms with van der Waals surface area (Å²) in [6, 6.07) is 16.8. The first-order valence-electron chi connectivity index (χ1n) is 9.17. The maximum Gasteiger partial charge on any atom is 0.261 e. The Labute approximate surface area is 175 Å². The van der Waals surface area contributed by atoms with Crippen LogP contribution in [0, 0.1) is 6.92 Å². The number of nitrogens with one attached hydrogen (secondary N) is 2. The van der Waals surface area contributed by atoms with Crippen LogP contribution in [0.25, 0.3) is 0 Å². The van der Waals surface area contributed by atoms with E-state index < -0.39 is 22.0 Å². The summed E-state index contributed by atoms with van der Waals surface area (Å²) < 4.78 is 27.5. The number of anilines is 2. The van der Waals surface area contributed by atoms with Crippen molar-refractivity contribution in [3.05, 3.63) is 83.4 Å². The van der Waals surface area contributed by atoms with Crippen molar-refractivity contribution in [1.29, 1.82) is 0 Å². The van der Waals surface area contributed by atoms with Gasteiger partial charge in [-0.05, 0) is 73.5 Å². The number of hydrogen-bond acceptors (Lipinski definition) is 5. The van der Waals surface area contributed by atoms with Gasteiger partial charge in [0.2, 0.25) is 0 Å². The van der Waals surface area contributed by atoms with Crippen LogP contribution in [0.3, 0.4) is 0 Å². The van der Waals surface area contributed by atoms with Gasteiger partial charge in [0.15, 0.2) is 0 Å². The lowest BCUT2D eigenvalue weighted by Gasteiger charge is -2.11. The molecule has 0 aromatic heterocycles. The molecule has 30 heavy (non-hydrogen) atoms. The van der Waals surface area contributed by atoms with E-state index in [2.05, 4.69) is 10.0 Å². The molecule has 0 bridgehead atoms. The van der Waals surface area contributed by atoms with Crippen LogP contribution in [0.2, 0.25) is 0 Å². The van der Waals surface area contributed by atoms with Crippen LogP contribution >= 0.6 is 0 Å². The fourth-order valence-electron chi connectivity index (χ4n) is 2.77. The Morgan fingerprint density at radius 2 is 1.60 bits per heavy atom. The minimum atomic E-state index is -3.81. The number of amides is 1. The molecule has 0 saturated heterocycles. The van der Waals surface area contributed by atoms with Gasteiger partial charge in [-0.15, -0.1) is 0 Å². The first-order chi connectivity index (χ1) is 14.2. The SMILES string of the molecule is Cc1ccc(NC(=O)c2ccc(NS(=O)(=O)c3ccc([C@H](C)O)cc3)cc2)c(O)c1. The Bertz CT molecular complexity index is 1160. The lowest BCUT2D eigenvalue weighted by atomic mass is 10.1. The molecule has 1 atom stereocenters. The minimum Gasteiger partial charge on any atom is -0.506 e. The molecule has 3 aromatic carbocycles. The average Bonchev–Trinajstić information content (AvgIpc) is 2.70. The Balaban J connectivity index is 1.71. The summed E-state index contributed by atoms with van der Waals surface area (Å²) in [5, 5.41) is 22.1. The maximum atomic E-state index is 12.5. The number of phenolic OH excluding ortho intramolecular Hbond substituents is 1. The van der Waals surface area contributed by atoms with E-state index >= 15 is 0 Å². The van der Waals surface area contributed by atoms with Gasteiger partial charge in [0.25, 0.3) is 15.9 Å². The molecule has 0 unspecified atom stereocenters. The summed E-state index contributed by atoms with van der Waals surface area (Å²) in [5.41, 5.74) is 2.37. The molecule has 0 spiro atoms. The van der Waals surface area contributed by atoms with Crippen LogP contribution in [0.1, 0.15) is 34.5 Å². The highest BCUT2D eigenvalue weighted by Crippen LogP contribution is 2.25. The fourth-order valence-corrected chi connectivity index (χ4v) is 3.83. The van der Waals surface area contributed by atoms with Gasteiger partial charge < -0.3 is 15.5 Å². The zero-order chi connectivity index (χ0) is 21.9. The second kappa shape index (κ2) is 8.56. The Hall–Kier alpha value is -3.36. The molecule has 4 N–H and O–H groups in total. The number of aromatic hydroxyl groups is 1. The van der Waals surface area contributed by atoms with Gasteiger partial charge in [0.05, 0.1) is 16.7 Å². The third kappa shape index (κ3) is 4.97. The number of sulfonamides is 1. The number of benzene rings is 3. The van der Waals surface area contributed by atoms with Crippen molar-refractivity contribution in [2.24, 2.45) is 0 Å². The van der Waals surface area contributed by atoms with Crippen molar-refractivity contribution >= 4 is 27.3 Å². The molecule has 0 radical (unpaired) electrons. The number of aryl methyl sites for hydroxylation is 1. The normalized spacial score (nSPS) is 12.2. The first-order valence-corrected chi connectivity index (χ1v) is 10.7. The number of carbonyl (C=O) groups is 1. The van der Waals surface area contributed by atoms with Gasteiger partial charge in [-0.2, -0.15) is 0 Å². The van der Waals surface area contributed by atoms with Crippen molar-refractivity contribution in [2.75, 3.05) is 10.0 Å². The zero-order valence-electron chi connectivity index (χ0n) is 16.5. The molecule has 0 heterocycles. The number of rotatable bonds is 6. The molecular formula is C22H22N2O5S. The first kappa shape index (κ1) is 21.4. The number of phenols is 1. The molecule has 3 rings (SSSR count). The van der Waals surface area contributed by atoms with E-state index in [1.807, 2.05) is 6.92 Å². The lowest BCUT2D eigenvalue weighted by molar-refractivity contribution is 0.102. The van der Waals surface area contributed by atoms with E-state index in [0.717, 1.165) is 5.56 Å². The summed E-state index contributed by atoms with van der Waals surface area (Å²) in [6.07, 6.45) is -0.685. The number of aliphatic hydroxyl groups excluding tert-OH is 1. The molecule has 0 aliphatic heterocycles. The van der Waals surface area contributed by atoms with Gasteiger partial charge in [-0.1, -0.05) is 18.2 Å². The second-order valence-electron chi connectivity index (χ2n) is 6.90. The van der Waals surface area contributed by atoms with E-state index in [0.29, 0.717) is 16.8 Å². The Morgan fingerprint density at radius 3 is 2.17 bits per heavy atom. The Morgan fingerprint density at radius 1 is 0.967 bits per heavy atom. The number of carbonyl (C=O) groups excluding carboxylic acids is 1. The smallest absolute Gasteiger partial charge is 0.261 e. The van der Waals surface area contributed by atoms with Gasteiger partial charge in [-0.3, -0.25) is 9.52 Å². The molecule has 8 heteroatoms. The lowest BCUT2D eigenvalue weighted by Crippen LogP contribution is -2.14. The van der Waals surface area contributed by atoms with Gasteiger partial charge in [0, 0.05) is 11.3 Å². The van der Waals surface area contributed by atoms with Crippen LogP contribution in [0.5, 0.6) is 5.75 Å². The molecule has 7 nitrogen and oxygen atoms in total. The van der Waals surface area contributed by atoms with E-state index in [9.17, 15) is 23.4 Å². The molecule has 156 valence electrons. The van der Waals surface area contributed by atoms with Crippen LogP contribution in [0.15, 0.2) is 71.6 Å². The fraction of sp³-hybridized carbons (Fsp3) is 0.136. The van der Waals surface area contributed by atoms with E-state index in [-0.39, 0.29) is 16.3 Å². The maximum absolute atomic E-state index is 12.5. The summed E-state index contributed by atoms with van der Waals surface area (Å²) in [6.45, 7) is 3.42. The molecule has 3 aromatic rings. The third-order valence-electron chi connectivity index (χ3n) is 4.47. The minimum absolute atomic E-state index is 0.0330. The highest BCUT2D eigenvalue weighted by atomic mass is 32.2. The van der Waals surface area contributed by atoms with Crippen molar-refractivity contribution in [1.82, 2.24) is 0 Å². The predicted molar refractivity (Wildman–Crippen MR) is 115 cm³/mol. The van der Waals surface area contributed by atoms with Crippen molar-refractivity contribution in [3.8, 4) is 5.75 Å². The van der Waals surface area contributed by atoms with E-state index in [1.165, 1.54) is 36.4 Å². The van der Waals surface area contributed by atoms with E-state index in [4.69, 9.17) is 0 Å².